The van der Waals surface area contributed by atoms with E-state index in [9.17, 15) is 10.1 Å². The number of nitrogens with zero attached hydrogens (tertiary/aromatic N) is 2. The highest BCUT2D eigenvalue weighted by Crippen LogP contribution is 2.25. The Hall–Kier alpha value is -1.82. The van der Waals surface area contributed by atoms with Crippen LogP contribution in [0.3, 0.4) is 0 Å². The van der Waals surface area contributed by atoms with Gasteiger partial charge in [-0.1, -0.05) is 6.58 Å². The topological polar surface area (TPSA) is 67.6 Å². The Morgan fingerprint density at radius 3 is 3.17 bits per heavy atom. The quantitative estimate of drug-likeness (QED) is 0.595. The lowest BCUT2D eigenvalue weighted by Gasteiger charge is -2.42. The molecule has 2 rings (SSSR count). The summed E-state index contributed by atoms with van der Waals surface area (Å²) < 4.78 is 5.60. The number of allylic oxidation sites excluding steroid dienone is 3. The summed E-state index contributed by atoms with van der Waals surface area (Å²) in [6.07, 6.45) is 3.17. The zero-order chi connectivity index (χ0) is 13.1. The molecule has 1 saturated heterocycles. The monoisotopic (exact) mass is 251 g/mol. The molecule has 0 aromatic carbocycles. The van der Waals surface area contributed by atoms with Gasteiger partial charge in [-0.05, 0) is 6.08 Å². The highest BCUT2D eigenvalue weighted by atomic mass is 16.6. The molecule has 0 aromatic rings. The molecule has 2 aliphatic heterocycles. The molecule has 1 fully saturated rings. The third-order valence-corrected chi connectivity index (χ3v) is 3.16. The van der Waals surface area contributed by atoms with Crippen molar-refractivity contribution in [2.75, 3.05) is 26.2 Å². The lowest BCUT2D eigenvalue weighted by Crippen LogP contribution is -2.54. The van der Waals surface area contributed by atoms with Crippen LogP contribution >= 0.6 is 0 Å². The van der Waals surface area contributed by atoms with Crippen molar-refractivity contribution in [3.05, 3.63) is 46.0 Å². The number of nitro groups is 1. The van der Waals surface area contributed by atoms with Gasteiger partial charge in [0.25, 0.3) is 0 Å². The summed E-state index contributed by atoms with van der Waals surface area (Å²) in [7, 11) is 0. The molecule has 0 bridgehead atoms. The SMILES string of the molecule is C=CC1=C(/C=C(\C)[N+](=O)[O-])N2CCNCC2CO1. The van der Waals surface area contributed by atoms with Gasteiger partial charge in [-0.3, -0.25) is 10.1 Å². The number of fused-ring (bicyclic) bond motifs is 1. The first-order valence-corrected chi connectivity index (χ1v) is 5.93. The third kappa shape index (κ3) is 2.38. The van der Waals surface area contributed by atoms with Gasteiger partial charge in [-0.15, -0.1) is 0 Å². The van der Waals surface area contributed by atoms with Crippen molar-refractivity contribution >= 4 is 0 Å². The molecule has 1 unspecified atom stereocenters. The maximum atomic E-state index is 10.7. The second-order valence-corrected chi connectivity index (χ2v) is 4.36. The smallest absolute Gasteiger partial charge is 0.245 e. The second kappa shape index (κ2) is 5.22. The van der Waals surface area contributed by atoms with E-state index in [1.807, 2.05) is 0 Å². The van der Waals surface area contributed by atoms with Crippen LogP contribution in [-0.4, -0.2) is 42.1 Å². The second-order valence-electron chi connectivity index (χ2n) is 4.36. The van der Waals surface area contributed by atoms with E-state index in [2.05, 4.69) is 16.8 Å². The van der Waals surface area contributed by atoms with Gasteiger partial charge in [-0.2, -0.15) is 0 Å². The van der Waals surface area contributed by atoms with E-state index < -0.39 is 0 Å². The van der Waals surface area contributed by atoms with Crippen LogP contribution in [0.25, 0.3) is 0 Å². The maximum Gasteiger partial charge on any atom is 0.245 e. The number of rotatable bonds is 3. The van der Waals surface area contributed by atoms with Crippen molar-refractivity contribution in [2.24, 2.45) is 0 Å². The van der Waals surface area contributed by atoms with Crippen LogP contribution in [0.15, 0.2) is 35.9 Å². The Balaban J connectivity index is 2.35. The van der Waals surface area contributed by atoms with Gasteiger partial charge in [0.2, 0.25) is 5.70 Å². The first-order chi connectivity index (χ1) is 8.63. The van der Waals surface area contributed by atoms with E-state index >= 15 is 0 Å². The van der Waals surface area contributed by atoms with Crippen molar-refractivity contribution < 1.29 is 9.66 Å². The van der Waals surface area contributed by atoms with E-state index in [1.165, 1.54) is 6.92 Å². The number of nitrogens with one attached hydrogen (secondary N) is 1. The molecule has 1 atom stereocenters. The number of ether oxygens (including phenoxy) is 1. The van der Waals surface area contributed by atoms with Gasteiger partial charge in [0.05, 0.1) is 16.7 Å². The Labute approximate surface area is 106 Å². The Bertz CT molecular complexity index is 428. The maximum absolute atomic E-state index is 10.7. The van der Waals surface area contributed by atoms with Crippen molar-refractivity contribution in [1.82, 2.24) is 10.2 Å². The van der Waals surface area contributed by atoms with Crippen LogP contribution in [0.5, 0.6) is 0 Å². The summed E-state index contributed by atoms with van der Waals surface area (Å²) in [6.45, 7) is 8.30. The molecule has 6 nitrogen and oxygen atoms in total. The van der Waals surface area contributed by atoms with Gasteiger partial charge in [0, 0.05) is 32.6 Å². The van der Waals surface area contributed by atoms with Gasteiger partial charge in [0.1, 0.15) is 12.4 Å². The minimum absolute atomic E-state index is 0.104. The molecule has 18 heavy (non-hydrogen) atoms. The van der Waals surface area contributed by atoms with E-state index in [4.69, 9.17) is 4.74 Å². The molecule has 0 radical (unpaired) electrons. The first kappa shape index (κ1) is 12.6. The van der Waals surface area contributed by atoms with E-state index in [-0.39, 0.29) is 16.7 Å². The largest absolute Gasteiger partial charge is 0.489 e. The molecule has 2 heterocycles. The molecule has 0 spiro atoms. The molecule has 2 aliphatic rings. The zero-order valence-electron chi connectivity index (χ0n) is 10.4. The summed E-state index contributed by atoms with van der Waals surface area (Å²) >= 11 is 0. The fraction of sp³-hybridized carbons (Fsp3) is 0.500. The lowest BCUT2D eigenvalue weighted by atomic mass is 10.1. The van der Waals surface area contributed by atoms with Crippen molar-refractivity contribution in [2.45, 2.75) is 13.0 Å². The highest BCUT2D eigenvalue weighted by Gasteiger charge is 2.30. The minimum atomic E-state index is -0.389. The Morgan fingerprint density at radius 2 is 2.50 bits per heavy atom. The molecule has 98 valence electrons. The zero-order valence-corrected chi connectivity index (χ0v) is 10.4. The van der Waals surface area contributed by atoms with Crippen molar-refractivity contribution in [3.8, 4) is 0 Å². The van der Waals surface area contributed by atoms with E-state index in [0.29, 0.717) is 12.4 Å². The van der Waals surface area contributed by atoms with Crippen LogP contribution in [0, 0.1) is 10.1 Å². The fourth-order valence-corrected chi connectivity index (χ4v) is 2.20. The predicted molar refractivity (Wildman–Crippen MR) is 67.3 cm³/mol. The van der Waals surface area contributed by atoms with Gasteiger partial charge < -0.3 is 15.0 Å². The minimum Gasteiger partial charge on any atom is -0.489 e. The van der Waals surface area contributed by atoms with Gasteiger partial charge >= 0.3 is 0 Å². The molecule has 0 amide bonds. The Kier molecular flexibility index (Phi) is 3.66. The van der Waals surface area contributed by atoms with Crippen LogP contribution in [0.1, 0.15) is 6.92 Å². The third-order valence-electron chi connectivity index (χ3n) is 3.16. The summed E-state index contributed by atoms with van der Waals surface area (Å²) in [5, 5.41) is 14.0. The molecule has 0 aromatic heterocycles. The van der Waals surface area contributed by atoms with Crippen LogP contribution < -0.4 is 5.32 Å². The summed E-state index contributed by atoms with van der Waals surface area (Å²) in [5.41, 5.74) is 0.865. The van der Waals surface area contributed by atoms with Gasteiger partial charge in [0.15, 0.2) is 0 Å². The first-order valence-electron chi connectivity index (χ1n) is 5.93. The van der Waals surface area contributed by atoms with Crippen molar-refractivity contribution in [3.63, 3.8) is 0 Å². The lowest BCUT2D eigenvalue weighted by molar-refractivity contribution is -0.424. The normalized spacial score (nSPS) is 24.4. The Morgan fingerprint density at radius 1 is 1.72 bits per heavy atom. The van der Waals surface area contributed by atoms with Gasteiger partial charge in [-0.25, -0.2) is 0 Å². The number of piperazine rings is 1. The van der Waals surface area contributed by atoms with E-state index in [0.717, 1.165) is 25.3 Å². The molecular formula is C12H17N3O3. The summed E-state index contributed by atoms with van der Waals surface area (Å²) in [5.74, 6) is 0.620. The van der Waals surface area contributed by atoms with Crippen LogP contribution in [0.4, 0.5) is 0 Å². The number of hydrogen-bond donors (Lipinski definition) is 1. The number of hydrogen-bond acceptors (Lipinski definition) is 5. The molecule has 0 aliphatic carbocycles. The summed E-state index contributed by atoms with van der Waals surface area (Å²) in [4.78, 5) is 12.5. The van der Waals surface area contributed by atoms with Crippen LogP contribution in [0.2, 0.25) is 0 Å². The molecule has 6 heteroatoms. The average Bonchev–Trinajstić information content (AvgIpc) is 2.39. The summed E-state index contributed by atoms with van der Waals surface area (Å²) in [6, 6.07) is 0.230. The van der Waals surface area contributed by atoms with Crippen LogP contribution in [-0.2, 0) is 4.74 Å². The molecule has 0 saturated carbocycles. The molecule has 1 N–H and O–H groups in total. The predicted octanol–water partition coefficient (Wildman–Crippen LogP) is 0.868. The van der Waals surface area contributed by atoms with Crippen molar-refractivity contribution in [1.29, 1.82) is 0 Å². The molecular weight excluding hydrogens is 234 g/mol. The fourth-order valence-electron chi connectivity index (χ4n) is 2.20. The highest BCUT2D eigenvalue weighted by molar-refractivity contribution is 5.31. The average molecular weight is 251 g/mol. The standard InChI is InChI=1S/C12H17N3O3/c1-3-12-11(6-9(2)15(16)17)14-5-4-13-7-10(14)8-18-12/h3,6,10,13H,1,4-5,7-8H2,2H3/b9-6+. The van der Waals surface area contributed by atoms with E-state index in [1.54, 1.807) is 12.2 Å².